The highest BCUT2D eigenvalue weighted by molar-refractivity contribution is 7.86. The molecule has 88 valence electrons. The fraction of sp³-hybridized carbons (Fsp3) is 0.455. The predicted molar refractivity (Wildman–Crippen MR) is 68.8 cm³/mol. The Morgan fingerprint density at radius 3 is 2.56 bits per heavy atom. The SMILES string of the molecule is CCC1C(NC)c2c(Cl)ccc(Cl)c2S1=O. The van der Waals surface area contributed by atoms with Gasteiger partial charge in [-0.15, -0.1) is 0 Å². The van der Waals surface area contributed by atoms with Crippen LogP contribution in [0.5, 0.6) is 0 Å². The van der Waals surface area contributed by atoms with Gasteiger partial charge in [-0.05, 0) is 25.6 Å². The van der Waals surface area contributed by atoms with Gasteiger partial charge in [0.15, 0.2) is 0 Å². The van der Waals surface area contributed by atoms with E-state index in [1.807, 2.05) is 14.0 Å². The van der Waals surface area contributed by atoms with E-state index in [-0.39, 0.29) is 11.3 Å². The standard InChI is InChI=1S/C11H13Cl2NOS/c1-3-8-10(14-2)9-6(12)4-5-7(13)11(9)16(8)15/h4-5,8,10,14H,3H2,1-2H3. The third kappa shape index (κ3) is 1.70. The summed E-state index contributed by atoms with van der Waals surface area (Å²) >= 11 is 12.3. The molecule has 0 saturated heterocycles. The van der Waals surface area contributed by atoms with Gasteiger partial charge in [0.1, 0.15) is 0 Å². The molecule has 0 fully saturated rings. The predicted octanol–water partition coefficient (Wildman–Crippen LogP) is 3.15. The van der Waals surface area contributed by atoms with E-state index in [0.717, 1.165) is 12.0 Å². The number of rotatable bonds is 2. The van der Waals surface area contributed by atoms with Gasteiger partial charge in [-0.2, -0.15) is 0 Å². The number of nitrogens with one attached hydrogen (secondary N) is 1. The zero-order valence-electron chi connectivity index (χ0n) is 9.09. The lowest BCUT2D eigenvalue weighted by atomic mass is 10.0. The summed E-state index contributed by atoms with van der Waals surface area (Å²) in [5.41, 5.74) is 0.904. The minimum atomic E-state index is -1.07. The van der Waals surface area contributed by atoms with Crippen LogP contribution in [0.3, 0.4) is 0 Å². The average Bonchev–Trinajstić information content (AvgIpc) is 2.57. The molecule has 1 aromatic rings. The summed E-state index contributed by atoms with van der Waals surface area (Å²) in [4.78, 5) is 0.709. The van der Waals surface area contributed by atoms with Gasteiger partial charge in [0.2, 0.25) is 0 Å². The molecule has 0 saturated carbocycles. The molecule has 0 bridgehead atoms. The molecule has 0 aliphatic carbocycles. The fourth-order valence-electron chi connectivity index (χ4n) is 2.22. The Bertz CT molecular complexity index is 450. The van der Waals surface area contributed by atoms with Gasteiger partial charge in [0.05, 0.1) is 26.0 Å². The van der Waals surface area contributed by atoms with Crippen LogP contribution in [0.1, 0.15) is 24.9 Å². The van der Waals surface area contributed by atoms with Gasteiger partial charge in [0, 0.05) is 16.6 Å². The van der Waals surface area contributed by atoms with Crippen LogP contribution in [0.15, 0.2) is 17.0 Å². The number of hydrogen-bond donors (Lipinski definition) is 1. The lowest BCUT2D eigenvalue weighted by Gasteiger charge is -2.17. The molecular formula is C11H13Cl2NOS. The van der Waals surface area contributed by atoms with Crippen LogP contribution in [0.25, 0.3) is 0 Å². The second kappa shape index (κ2) is 4.65. The van der Waals surface area contributed by atoms with Crippen molar-refractivity contribution in [1.82, 2.24) is 5.32 Å². The van der Waals surface area contributed by atoms with Crippen molar-refractivity contribution in [2.45, 2.75) is 29.5 Å². The second-order valence-corrected chi connectivity index (χ2v) is 6.21. The van der Waals surface area contributed by atoms with Gasteiger partial charge in [-0.25, -0.2) is 0 Å². The molecule has 0 amide bonds. The molecule has 16 heavy (non-hydrogen) atoms. The van der Waals surface area contributed by atoms with Crippen molar-refractivity contribution in [1.29, 1.82) is 0 Å². The summed E-state index contributed by atoms with van der Waals surface area (Å²) in [6.45, 7) is 2.03. The molecule has 3 unspecified atom stereocenters. The van der Waals surface area contributed by atoms with Gasteiger partial charge in [-0.3, -0.25) is 4.21 Å². The van der Waals surface area contributed by atoms with Crippen molar-refractivity contribution in [3.63, 3.8) is 0 Å². The topological polar surface area (TPSA) is 29.1 Å². The van der Waals surface area contributed by atoms with Crippen LogP contribution < -0.4 is 5.32 Å². The molecule has 5 heteroatoms. The van der Waals surface area contributed by atoms with Crippen LogP contribution in [-0.2, 0) is 10.8 Å². The quantitative estimate of drug-likeness (QED) is 0.900. The minimum absolute atomic E-state index is 0.0343. The number of hydrogen-bond acceptors (Lipinski definition) is 2. The van der Waals surface area contributed by atoms with Gasteiger partial charge >= 0.3 is 0 Å². The van der Waals surface area contributed by atoms with Crippen molar-refractivity contribution in [2.75, 3.05) is 7.05 Å². The Kier molecular flexibility index (Phi) is 3.59. The van der Waals surface area contributed by atoms with E-state index >= 15 is 0 Å². The van der Waals surface area contributed by atoms with Crippen molar-refractivity contribution in [3.05, 3.63) is 27.7 Å². The Balaban J connectivity index is 2.65. The van der Waals surface area contributed by atoms with E-state index in [1.54, 1.807) is 12.1 Å². The lowest BCUT2D eigenvalue weighted by Crippen LogP contribution is -2.26. The van der Waals surface area contributed by atoms with Crippen LogP contribution in [0.4, 0.5) is 0 Å². The molecule has 0 radical (unpaired) electrons. The van der Waals surface area contributed by atoms with E-state index in [2.05, 4.69) is 5.32 Å². The molecule has 2 nitrogen and oxygen atoms in total. The number of benzene rings is 1. The lowest BCUT2D eigenvalue weighted by molar-refractivity contribution is 0.553. The second-order valence-electron chi connectivity index (χ2n) is 3.78. The summed E-state index contributed by atoms with van der Waals surface area (Å²) in [5.74, 6) is 0. The van der Waals surface area contributed by atoms with Crippen molar-refractivity contribution < 1.29 is 4.21 Å². The minimum Gasteiger partial charge on any atom is -0.312 e. The number of fused-ring (bicyclic) bond motifs is 1. The highest BCUT2D eigenvalue weighted by Gasteiger charge is 2.39. The van der Waals surface area contributed by atoms with E-state index in [1.165, 1.54) is 0 Å². The first kappa shape index (κ1) is 12.4. The molecule has 2 rings (SSSR count). The maximum Gasteiger partial charge on any atom is 0.0640 e. The summed E-state index contributed by atoms with van der Waals surface area (Å²) < 4.78 is 12.3. The molecule has 1 heterocycles. The van der Waals surface area contributed by atoms with Crippen LogP contribution >= 0.6 is 23.2 Å². The molecule has 1 N–H and O–H groups in total. The van der Waals surface area contributed by atoms with Crippen LogP contribution in [-0.4, -0.2) is 16.5 Å². The molecular weight excluding hydrogens is 265 g/mol. The Hall–Kier alpha value is -0.0900. The monoisotopic (exact) mass is 277 g/mol. The van der Waals surface area contributed by atoms with Gasteiger partial charge < -0.3 is 5.32 Å². The maximum absolute atomic E-state index is 12.3. The molecule has 1 aromatic carbocycles. The molecule has 0 spiro atoms. The van der Waals surface area contributed by atoms with Gasteiger partial charge in [-0.1, -0.05) is 30.1 Å². The van der Waals surface area contributed by atoms with E-state index in [4.69, 9.17) is 23.2 Å². The number of halogens is 2. The third-order valence-corrected chi connectivity index (χ3v) is 5.72. The maximum atomic E-state index is 12.3. The van der Waals surface area contributed by atoms with E-state index in [0.29, 0.717) is 14.9 Å². The normalized spacial score (nSPS) is 28.1. The van der Waals surface area contributed by atoms with Crippen LogP contribution in [0.2, 0.25) is 10.0 Å². The summed E-state index contributed by atoms with van der Waals surface area (Å²) in [6.07, 6.45) is 0.833. The summed E-state index contributed by atoms with van der Waals surface area (Å²) in [6, 6.07) is 3.51. The first-order chi connectivity index (χ1) is 7.61. The van der Waals surface area contributed by atoms with E-state index in [9.17, 15) is 4.21 Å². The molecule has 3 atom stereocenters. The van der Waals surface area contributed by atoms with Crippen molar-refractivity contribution in [3.8, 4) is 0 Å². The van der Waals surface area contributed by atoms with Crippen molar-refractivity contribution in [2.24, 2.45) is 0 Å². The van der Waals surface area contributed by atoms with E-state index < -0.39 is 10.8 Å². The largest absolute Gasteiger partial charge is 0.312 e. The molecule has 1 aliphatic heterocycles. The highest BCUT2D eigenvalue weighted by Crippen LogP contribution is 2.44. The van der Waals surface area contributed by atoms with Gasteiger partial charge in [0.25, 0.3) is 0 Å². The molecule has 0 aromatic heterocycles. The van der Waals surface area contributed by atoms with Crippen molar-refractivity contribution >= 4 is 34.0 Å². The summed E-state index contributed by atoms with van der Waals surface area (Å²) in [7, 11) is 0.792. The zero-order chi connectivity index (χ0) is 11.9. The Morgan fingerprint density at radius 2 is 2.00 bits per heavy atom. The third-order valence-electron chi connectivity index (χ3n) is 2.97. The Labute approximate surface area is 108 Å². The van der Waals surface area contributed by atoms with Crippen LogP contribution in [0, 0.1) is 0 Å². The smallest absolute Gasteiger partial charge is 0.0640 e. The average molecular weight is 278 g/mol. The molecule has 1 aliphatic rings. The summed E-state index contributed by atoms with van der Waals surface area (Å²) in [5, 5.41) is 4.43. The Morgan fingerprint density at radius 1 is 1.38 bits per heavy atom. The first-order valence-corrected chi connectivity index (χ1v) is 7.14. The first-order valence-electron chi connectivity index (χ1n) is 5.17. The zero-order valence-corrected chi connectivity index (χ0v) is 11.4. The fourth-order valence-corrected chi connectivity index (χ4v) is 4.78. The highest BCUT2D eigenvalue weighted by atomic mass is 35.5.